The van der Waals surface area contributed by atoms with Gasteiger partial charge in [0.15, 0.2) is 0 Å². The van der Waals surface area contributed by atoms with E-state index in [0.29, 0.717) is 11.5 Å². The smallest absolute Gasteiger partial charge is 0.337 e. The summed E-state index contributed by atoms with van der Waals surface area (Å²) < 4.78 is 0. The highest BCUT2D eigenvalue weighted by molar-refractivity contribution is 5.94. The van der Waals surface area contributed by atoms with Gasteiger partial charge in [-0.05, 0) is 43.4 Å². The maximum absolute atomic E-state index is 11.1. The van der Waals surface area contributed by atoms with Crippen molar-refractivity contribution in [3.05, 3.63) is 29.3 Å². The minimum atomic E-state index is -0.860. The number of anilines is 1. The second-order valence-electron chi connectivity index (χ2n) is 4.98. The van der Waals surface area contributed by atoms with Gasteiger partial charge < -0.3 is 10.4 Å². The number of carbonyl (C=O) groups is 1. The number of carboxylic acids is 1. The Labute approximate surface area is 108 Å². The van der Waals surface area contributed by atoms with Crippen molar-refractivity contribution in [2.45, 2.75) is 44.9 Å². The molecule has 0 unspecified atom stereocenters. The van der Waals surface area contributed by atoms with Crippen molar-refractivity contribution in [1.29, 1.82) is 0 Å². The molecule has 18 heavy (non-hydrogen) atoms. The fraction of sp³-hybridized carbons (Fsp3) is 0.533. The molecule has 2 rings (SSSR count). The largest absolute Gasteiger partial charge is 0.478 e. The molecule has 0 heterocycles. The second kappa shape index (κ2) is 5.89. The normalized spacial score (nSPS) is 16.5. The molecule has 0 amide bonds. The van der Waals surface area contributed by atoms with Crippen molar-refractivity contribution in [1.82, 2.24) is 0 Å². The van der Waals surface area contributed by atoms with Crippen LogP contribution in [-0.2, 0) is 0 Å². The van der Waals surface area contributed by atoms with E-state index in [2.05, 4.69) is 5.32 Å². The molecule has 3 nitrogen and oxygen atoms in total. The molecule has 0 saturated heterocycles. The van der Waals surface area contributed by atoms with E-state index in [0.717, 1.165) is 12.2 Å². The molecule has 0 spiro atoms. The van der Waals surface area contributed by atoms with Gasteiger partial charge >= 0.3 is 5.97 Å². The summed E-state index contributed by atoms with van der Waals surface area (Å²) in [6.07, 6.45) is 6.39. The lowest BCUT2D eigenvalue weighted by atomic mass is 9.83. The quantitative estimate of drug-likeness (QED) is 0.849. The fourth-order valence-corrected chi connectivity index (χ4v) is 2.77. The van der Waals surface area contributed by atoms with Crippen molar-refractivity contribution >= 4 is 11.7 Å². The van der Waals surface area contributed by atoms with E-state index in [1.165, 1.54) is 37.7 Å². The van der Waals surface area contributed by atoms with Gasteiger partial charge in [0.2, 0.25) is 0 Å². The Bertz CT molecular complexity index is 423. The van der Waals surface area contributed by atoms with Crippen LogP contribution in [0, 0.1) is 0 Å². The third-order valence-corrected chi connectivity index (χ3v) is 3.72. The van der Waals surface area contributed by atoms with Crippen LogP contribution < -0.4 is 5.32 Å². The van der Waals surface area contributed by atoms with Crippen LogP contribution in [0.4, 0.5) is 5.69 Å². The SMILES string of the molecule is CCNc1cc(C2CCCCC2)ccc1C(=O)O. The van der Waals surface area contributed by atoms with Crippen LogP contribution in [0.5, 0.6) is 0 Å². The minimum Gasteiger partial charge on any atom is -0.478 e. The Morgan fingerprint density at radius 2 is 2.06 bits per heavy atom. The maximum Gasteiger partial charge on any atom is 0.337 e. The van der Waals surface area contributed by atoms with E-state index < -0.39 is 5.97 Å². The molecule has 1 aromatic rings. The minimum absolute atomic E-state index is 0.372. The van der Waals surface area contributed by atoms with Gasteiger partial charge in [-0.3, -0.25) is 0 Å². The molecule has 0 bridgehead atoms. The first-order valence-electron chi connectivity index (χ1n) is 6.83. The van der Waals surface area contributed by atoms with E-state index in [9.17, 15) is 4.79 Å². The van der Waals surface area contributed by atoms with E-state index in [1.807, 2.05) is 19.1 Å². The predicted octanol–water partition coefficient (Wildman–Crippen LogP) is 3.86. The molecule has 0 radical (unpaired) electrons. The lowest BCUT2D eigenvalue weighted by Gasteiger charge is -2.23. The lowest BCUT2D eigenvalue weighted by Crippen LogP contribution is -2.09. The summed E-state index contributed by atoms with van der Waals surface area (Å²) in [4.78, 5) is 11.1. The Hall–Kier alpha value is -1.51. The number of aromatic carboxylic acids is 1. The highest BCUT2D eigenvalue weighted by atomic mass is 16.4. The van der Waals surface area contributed by atoms with Crippen LogP contribution in [0.3, 0.4) is 0 Å². The Balaban J connectivity index is 2.26. The Morgan fingerprint density at radius 3 is 2.67 bits per heavy atom. The van der Waals surface area contributed by atoms with Gasteiger partial charge in [-0.2, -0.15) is 0 Å². The number of rotatable bonds is 4. The number of nitrogens with one attached hydrogen (secondary N) is 1. The molecule has 1 aliphatic rings. The highest BCUT2D eigenvalue weighted by Crippen LogP contribution is 2.34. The van der Waals surface area contributed by atoms with Crippen molar-refractivity contribution in [3.63, 3.8) is 0 Å². The molecule has 1 fully saturated rings. The van der Waals surface area contributed by atoms with E-state index in [-0.39, 0.29) is 0 Å². The molecule has 1 aromatic carbocycles. The van der Waals surface area contributed by atoms with Crippen molar-refractivity contribution in [2.75, 3.05) is 11.9 Å². The zero-order valence-corrected chi connectivity index (χ0v) is 10.9. The third-order valence-electron chi connectivity index (χ3n) is 3.72. The molecule has 98 valence electrons. The zero-order chi connectivity index (χ0) is 13.0. The van der Waals surface area contributed by atoms with Crippen LogP contribution in [0.15, 0.2) is 18.2 Å². The number of benzene rings is 1. The first kappa shape index (κ1) is 12.9. The molecule has 0 atom stereocenters. The summed E-state index contributed by atoms with van der Waals surface area (Å²) in [5.41, 5.74) is 2.42. The van der Waals surface area contributed by atoms with Crippen LogP contribution >= 0.6 is 0 Å². The van der Waals surface area contributed by atoms with E-state index in [4.69, 9.17) is 5.11 Å². The van der Waals surface area contributed by atoms with Crippen LogP contribution in [0.2, 0.25) is 0 Å². The summed E-state index contributed by atoms with van der Waals surface area (Å²) in [5.74, 6) is -0.250. The average molecular weight is 247 g/mol. The van der Waals surface area contributed by atoms with Gasteiger partial charge in [0.25, 0.3) is 0 Å². The molecule has 0 aliphatic heterocycles. The summed E-state index contributed by atoms with van der Waals surface area (Å²) in [7, 11) is 0. The zero-order valence-electron chi connectivity index (χ0n) is 10.9. The molecule has 1 aliphatic carbocycles. The first-order chi connectivity index (χ1) is 8.72. The second-order valence-corrected chi connectivity index (χ2v) is 4.98. The topological polar surface area (TPSA) is 49.3 Å². The van der Waals surface area contributed by atoms with Crippen molar-refractivity contribution in [2.24, 2.45) is 0 Å². The highest BCUT2D eigenvalue weighted by Gasteiger charge is 2.18. The summed E-state index contributed by atoms with van der Waals surface area (Å²) in [6.45, 7) is 2.73. The Kier molecular flexibility index (Phi) is 4.24. The summed E-state index contributed by atoms with van der Waals surface area (Å²) >= 11 is 0. The van der Waals surface area contributed by atoms with Gasteiger partial charge in [-0.25, -0.2) is 4.79 Å². The third kappa shape index (κ3) is 2.84. The number of hydrogen-bond donors (Lipinski definition) is 2. The van der Waals surface area contributed by atoms with Crippen molar-refractivity contribution in [3.8, 4) is 0 Å². The van der Waals surface area contributed by atoms with Crippen LogP contribution in [-0.4, -0.2) is 17.6 Å². The van der Waals surface area contributed by atoms with E-state index >= 15 is 0 Å². The molecule has 2 N–H and O–H groups in total. The van der Waals surface area contributed by atoms with Gasteiger partial charge in [0, 0.05) is 12.2 Å². The average Bonchev–Trinajstić information content (AvgIpc) is 2.40. The fourth-order valence-electron chi connectivity index (χ4n) is 2.77. The van der Waals surface area contributed by atoms with Gasteiger partial charge in [0.1, 0.15) is 0 Å². The lowest BCUT2D eigenvalue weighted by molar-refractivity contribution is 0.0698. The number of hydrogen-bond acceptors (Lipinski definition) is 2. The van der Waals surface area contributed by atoms with Gasteiger partial charge in [-0.15, -0.1) is 0 Å². The Morgan fingerprint density at radius 1 is 1.33 bits per heavy atom. The summed E-state index contributed by atoms with van der Waals surface area (Å²) in [5, 5.41) is 12.3. The molecular weight excluding hydrogens is 226 g/mol. The van der Waals surface area contributed by atoms with Crippen molar-refractivity contribution < 1.29 is 9.90 Å². The first-order valence-corrected chi connectivity index (χ1v) is 6.83. The van der Waals surface area contributed by atoms with Crippen LogP contribution in [0.1, 0.15) is 60.9 Å². The van der Waals surface area contributed by atoms with Crippen LogP contribution in [0.25, 0.3) is 0 Å². The van der Waals surface area contributed by atoms with Gasteiger partial charge in [0.05, 0.1) is 5.56 Å². The molecule has 3 heteroatoms. The number of carboxylic acid groups (broad SMARTS) is 1. The molecule has 0 aromatic heterocycles. The maximum atomic E-state index is 11.1. The van der Waals surface area contributed by atoms with Gasteiger partial charge in [-0.1, -0.05) is 25.3 Å². The standard InChI is InChI=1S/C15H21NO2/c1-2-16-14-10-12(8-9-13(14)15(17)18)11-6-4-3-5-7-11/h8-11,16H,2-7H2,1H3,(H,17,18). The summed E-state index contributed by atoms with van der Waals surface area (Å²) in [6, 6.07) is 5.76. The molecule has 1 saturated carbocycles. The monoisotopic (exact) mass is 247 g/mol. The van der Waals surface area contributed by atoms with E-state index in [1.54, 1.807) is 6.07 Å². The molecular formula is C15H21NO2. The predicted molar refractivity (Wildman–Crippen MR) is 73.4 cm³/mol.